The molecule has 13 aromatic carbocycles. The molecule has 0 radical (unpaired) electrons. The zero-order valence-electron chi connectivity index (χ0n) is 45.6. The SMILES string of the molecule is c1ccc([Si](c2ccccc2)(c2ccccc2)c2ccc(-n3c4ccccc4c4ccc(-n5c6ccccc6c6c([Si](c7ccccc7)(c7ccccc7)c7cccc(-n8c9ccccc9c9ccccc98)c7)cccc65)cc43)cc2)cc1. The van der Waals surface area contributed by atoms with E-state index in [0.717, 1.165) is 22.6 Å². The molecule has 0 spiro atoms. The van der Waals surface area contributed by atoms with Gasteiger partial charge in [0.25, 0.3) is 0 Å². The fraction of sp³-hybridized carbons (Fsp3) is 0. The van der Waals surface area contributed by atoms with Crippen LogP contribution in [0.15, 0.2) is 334 Å². The van der Waals surface area contributed by atoms with Gasteiger partial charge in [0, 0.05) is 49.4 Å². The molecule has 3 heterocycles. The summed E-state index contributed by atoms with van der Waals surface area (Å²) in [4.78, 5) is 0. The van der Waals surface area contributed by atoms with E-state index in [-0.39, 0.29) is 0 Å². The van der Waals surface area contributed by atoms with E-state index in [1.807, 2.05) is 0 Å². The lowest BCUT2D eigenvalue weighted by Crippen LogP contribution is -2.74. The van der Waals surface area contributed by atoms with Gasteiger partial charge >= 0.3 is 0 Å². The smallest absolute Gasteiger partial charge is 0.180 e. The Morgan fingerprint density at radius 2 is 0.506 bits per heavy atom. The number of rotatable bonds is 11. The van der Waals surface area contributed by atoms with E-state index in [2.05, 4.69) is 347 Å². The van der Waals surface area contributed by atoms with Crippen LogP contribution in [0.1, 0.15) is 0 Å². The minimum absolute atomic E-state index is 1.12. The Morgan fingerprint density at radius 1 is 0.181 bits per heavy atom. The Balaban J connectivity index is 0.921. The molecule has 0 fully saturated rings. The zero-order valence-corrected chi connectivity index (χ0v) is 47.6. The van der Waals surface area contributed by atoms with Crippen LogP contribution in [-0.4, -0.2) is 29.8 Å². The van der Waals surface area contributed by atoms with Crippen molar-refractivity contribution in [2.24, 2.45) is 0 Å². The Labute approximate surface area is 484 Å². The van der Waals surface area contributed by atoms with Crippen LogP contribution in [0.2, 0.25) is 0 Å². The van der Waals surface area contributed by atoms with Crippen LogP contribution >= 0.6 is 0 Å². The van der Waals surface area contributed by atoms with Gasteiger partial charge in [0.1, 0.15) is 0 Å². The van der Waals surface area contributed by atoms with Crippen molar-refractivity contribution >= 4 is 123 Å². The van der Waals surface area contributed by atoms with Crippen molar-refractivity contribution < 1.29 is 0 Å². The first-order valence-corrected chi connectivity index (χ1v) is 32.8. The van der Waals surface area contributed by atoms with Crippen molar-refractivity contribution in [2.75, 3.05) is 0 Å². The highest BCUT2D eigenvalue weighted by molar-refractivity contribution is 7.21. The Kier molecular flexibility index (Phi) is 11.6. The van der Waals surface area contributed by atoms with Crippen LogP contribution in [-0.2, 0) is 0 Å². The van der Waals surface area contributed by atoms with E-state index in [1.165, 1.54) is 101 Å². The normalized spacial score (nSPS) is 12.1. The van der Waals surface area contributed by atoms with Gasteiger partial charge in [-0.2, -0.15) is 0 Å². The quantitative estimate of drug-likeness (QED) is 0.0906. The molecule has 16 aromatic rings. The van der Waals surface area contributed by atoms with E-state index < -0.39 is 16.1 Å². The minimum atomic E-state index is -3.18. The van der Waals surface area contributed by atoms with Crippen molar-refractivity contribution in [3.63, 3.8) is 0 Å². The molecule has 5 heteroatoms. The second-order valence-electron chi connectivity index (χ2n) is 21.9. The fourth-order valence-corrected chi connectivity index (χ4v) is 24.1. The highest BCUT2D eigenvalue weighted by Crippen LogP contribution is 2.38. The van der Waals surface area contributed by atoms with Gasteiger partial charge in [0.15, 0.2) is 16.1 Å². The van der Waals surface area contributed by atoms with Crippen LogP contribution < -0.4 is 41.5 Å². The first-order valence-electron chi connectivity index (χ1n) is 28.8. The maximum absolute atomic E-state index is 3.18. The summed E-state index contributed by atoms with van der Waals surface area (Å²) >= 11 is 0. The van der Waals surface area contributed by atoms with E-state index in [4.69, 9.17) is 0 Å². The second kappa shape index (κ2) is 19.7. The molecule has 0 bridgehead atoms. The number of para-hydroxylation sites is 4. The van der Waals surface area contributed by atoms with E-state index in [1.54, 1.807) is 0 Å². The average Bonchev–Trinajstić information content (AvgIpc) is 2.51. The van der Waals surface area contributed by atoms with Crippen LogP contribution in [0.3, 0.4) is 0 Å². The lowest BCUT2D eigenvalue weighted by Gasteiger charge is -2.35. The maximum Gasteiger partial charge on any atom is 0.180 e. The maximum atomic E-state index is 2.53. The average molecular weight is 1090 g/mol. The molecule has 83 heavy (non-hydrogen) atoms. The van der Waals surface area contributed by atoms with Crippen LogP contribution in [0, 0.1) is 0 Å². The number of aromatic nitrogens is 3. The summed E-state index contributed by atoms with van der Waals surface area (Å²) in [5.41, 5.74) is 10.5. The second-order valence-corrected chi connectivity index (χ2v) is 29.5. The molecule has 390 valence electrons. The molecule has 0 saturated heterocycles. The van der Waals surface area contributed by atoms with Crippen LogP contribution in [0.4, 0.5) is 0 Å². The van der Waals surface area contributed by atoms with Gasteiger partial charge in [-0.25, -0.2) is 0 Å². The Bertz CT molecular complexity index is 4880. The molecule has 0 amide bonds. The number of hydrogen-bond donors (Lipinski definition) is 0. The summed E-state index contributed by atoms with van der Waals surface area (Å²) in [5.74, 6) is 0. The van der Waals surface area contributed by atoms with Crippen molar-refractivity contribution in [3.05, 3.63) is 334 Å². The van der Waals surface area contributed by atoms with Gasteiger partial charge in [-0.05, 0) is 108 Å². The number of benzene rings is 13. The zero-order chi connectivity index (χ0) is 54.9. The Hall–Kier alpha value is -10.3. The van der Waals surface area contributed by atoms with Crippen molar-refractivity contribution in [1.29, 1.82) is 0 Å². The number of hydrogen-bond acceptors (Lipinski definition) is 0. The molecule has 0 atom stereocenters. The summed E-state index contributed by atoms with van der Waals surface area (Å²) < 4.78 is 7.48. The molecule has 0 unspecified atom stereocenters. The van der Waals surface area contributed by atoms with Crippen molar-refractivity contribution in [3.8, 4) is 17.1 Å². The third kappa shape index (κ3) is 7.42. The van der Waals surface area contributed by atoms with Gasteiger partial charge < -0.3 is 13.7 Å². The van der Waals surface area contributed by atoms with E-state index in [9.17, 15) is 0 Å². The third-order valence-electron chi connectivity index (χ3n) is 17.7. The predicted molar refractivity (Wildman–Crippen MR) is 357 cm³/mol. The molecule has 0 aliphatic carbocycles. The van der Waals surface area contributed by atoms with Gasteiger partial charge in [-0.1, -0.05) is 267 Å². The molecular formula is C78H55N3Si2. The summed E-state index contributed by atoms with van der Waals surface area (Å²) in [7, 11) is -5.92. The lowest BCUT2D eigenvalue weighted by molar-refractivity contribution is 1.16. The molecule has 0 saturated carbocycles. The van der Waals surface area contributed by atoms with Gasteiger partial charge in [0.2, 0.25) is 0 Å². The van der Waals surface area contributed by atoms with Crippen LogP contribution in [0.25, 0.3) is 82.5 Å². The summed E-state index contributed by atoms with van der Waals surface area (Å²) in [6.45, 7) is 0. The van der Waals surface area contributed by atoms with Gasteiger partial charge in [-0.3, -0.25) is 0 Å². The molecule has 0 N–H and O–H groups in total. The van der Waals surface area contributed by atoms with E-state index in [0.29, 0.717) is 0 Å². The molecule has 3 nitrogen and oxygen atoms in total. The number of fused-ring (bicyclic) bond motifs is 9. The molecule has 0 aliphatic rings. The summed E-state index contributed by atoms with van der Waals surface area (Å²) in [5, 5.41) is 18.3. The first kappa shape index (κ1) is 48.6. The summed E-state index contributed by atoms with van der Waals surface area (Å²) in [6, 6.07) is 125. The fourth-order valence-electron chi connectivity index (χ4n) is 14.3. The van der Waals surface area contributed by atoms with Crippen molar-refractivity contribution in [1.82, 2.24) is 13.7 Å². The van der Waals surface area contributed by atoms with Gasteiger partial charge in [-0.15, -0.1) is 0 Å². The van der Waals surface area contributed by atoms with Crippen LogP contribution in [0.5, 0.6) is 0 Å². The largest absolute Gasteiger partial charge is 0.309 e. The molecular weight excluding hydrogens is 1040 g/mol. The van der Waals surface area contributed by atoms with E-state index >= 15 is 0 Å². The standard InChI is InChI=1S/C78H55N3Si2/c1-6-27-59(28-7-1)82(60-29-8-2-9-30-60,61-31-10-3-11-32-61)64-51-48-56(49-52-64)79-71-42-20-18-40-68(71)69-53-50-58(55-76(69)79)81-74-45-23-19-41-70(74)78-75(81)46-25-47-77(78)83(62-33-12-4-13-34-62,63-35-14-5-15-36-63)65-37-24-26-57(54-65)80-72-43-21-16-38-66(72)67-39-17-22-44-73(67)80/h1-55H. The summed E-state index contributed by atoms with van der Waals surface area (Å²) in [6.07, 6.45) is 0. The molecule has 0 aliphatic heterocycles. The topological polar surface area (TPSA) is 14.8 Å². The number of nitrogens with zero attached hydrogens (tertiary/aromatic N) is 3. The highest BCUT2D eigenvalue weighted by Gasteiger charge is 2.44. The Morgan fingerprint density at radius 3 is 1.00 bits per heavy atom. The van der Waals surface area contributed by atoms with Gasteiger partial charge in [0.05, 0.1) is 33.1 Å². The third-order valence-corrected chi connectivity index (χ3v) is 27.3. The minimum Gasteiger partial charge on any atom is -0.309 e. The highest BCUT2D eigenvalue weighted by atomic mass is 28.3. The molecule has 3 aromatic heterocycles. The van der Waals surface area contributed by atoms with Crippen molar-refractivity contribution in [2.45, 2.75) is 0 Å². The monoisotopic (exact) mass is 1090 g/mol. The molecule has 16 rings (SSSR count). The first-order chi connectivity index (χ1) is 41.2. The predicted octanol–water partition coefficient (Wildman–Crippen LogP) is 13.7. The lowest BCUT2D eigenvalue weighted by atomic mass is 10.1.